The highest BCUT2D eigenvalue weighted by Gasteiger charge is 2.05. The number of aromatic nitrogens is 4. The molecule has 0 spiro atoms. The van der Waals surface area contributed by atoms with Gasteiger partial charge < -0.3 is 10.3 Å². The molecule has 0 fully saturated rings. The summed E-state index contributed by atoms with van der Waals surface area (Å²) in [5, 5.41) is 7.57. The van der Waals surface area contributed by atoms with Crippen molar-refractivity contribution in [3.63, 3.8) is 0 Å². The smallest absolute Gasteiger partial charge is 0.120 e. The molecule has 0 aliphatic heterocycles. The van der Waals surface area contributed by atoms with Gasteiger partial charge in [-0.05, 0) is 19.9 Å². The second-order valence-corrected chi connectivity index (χ2v) is 4.01. The van der Waals surface area contributed by atoms with Gasteiger partial charge in [0.1, 0.15) is 5.82 Å². The van der Waals surface area contributed by atoms with Gasteiger partial charge in [-0.3, -0.25) is 4.68 Å². The molecule has 0 amide bonds. The number of rotatable bonds is 6. The summed E-state index contributed by atoms with van der Waals surface area (Å²) in [4.78, 5) is 7.64. The molecule has 0 radical (unpaired) electrons. The van der Waals surface area contributed by atoms with E-state index in [1.807, 2.05) is 23.3 Å². The van der Waals surface area contributed by atoms with E-state index in [0.717, 1.165) is 43.1 Å². The maximum Gasteiger partial charge on any atom is 0.120 e. The molecule has 17 heavy (non-hydrogen) atoms. The molecule has 0 aliphatic carbocycles. The van der Waals surface area contributed by atoms with Gasteiger partial charge in [-0.25, -0.2) is 4.98 Å². The Morgan fingerprint density at radius 1 is 1.35 bits per heavy atom. The molecular weight excluding hydrogens is 214 g/mol. The highest BCUT2D eigenvalue weighted by Crippen LogP contribution is 2.15. The number of aryl methyl sites for hydroxylation is 1. The van der Waals surface area contributed by atoms with Gasteiger partial charge in [0.05, 0.1) is 24.6 Å². The van der Waals surface area contributed by atoms with Crippen molar-refractivity contribution in [3.05, 3.63) is 24.4 Å². The summed E-state index contributed by atoms with van der Waals surface area (Å²) in [6, 6.07) is 0. The van der Waals surface area contributed by atoms with E-state index in [-0.39, 0.29) is 0 Å². The Morgan fingerprint density at radius 2 is 2.24 bits per heavy atom. The standard InChI is InChI=1S/C12H19N5/c1-3-5-13-8-12-14-7-11(16-12)10-6-15-17(4-2)9-10/h6-7,9,13H,3-5,8H2,1-2H3,(H,14,16). The minimum Gasteiger partial charge on any atom is -0.341 e. The summed E-state index contributed by atoms with van der Waals surface area (Å²) in [6.07, 6.45) is 6.88. The molecule has 0 bridgehead atoms. The van der Waals surface area contributed by atoms with Crippen molar-refractivity contribution in [2.24, 2.45) is 0 Å². The van der Waals surface area contributed by atoms with Gasteiger partial charge in [0.15, 0.2) is 0 Å². The van der Waals surface area contributed by atoms with Crippen LogP contribution in [0.15, 0.2) is 18.6 Å². The Morgan fingerprint density at radius 3 is 2.94 bits per heavy atom. The van der Waals surface area contributed by atoms with Crippen LogP contribution in [0.5, 0.6) is 0 Å². The Kier molecular flexibility index (Phi) is 3.93. The van der Waals surface area contributed by atoms with Gasteiger partial charge >= 0.3 is 0 Å². The van der Waals surface area contributed by atoms with Crippen molar-refractivity contribution in [1.29, 1.82) is 0 Å². The van der Waals surface area contributed by atoms with Gasteiger partial charge in [-0.2, -0.15) is 5.10 Å². The highest BCUT2D eigenvalue weighted by molar-refractivity contribution is 5.55. The summed E-state index contributed by atoms with van der Waals surface area (Å²) in [7, 11) is 0. The average Bonchev–Trinajstić information content (AvgIpc) is 2.97. The lowest BCUT2D eigenvalue weighted by molar-refractivity contribution is 0.655. The van der Waals surface area contributed by atoms with Crippen LogP contribution < -0.4 is 5.32 Å². The minimum absolute atomic E-state index is 0.787. The van der Waals surface area contributed by atoms with Crippen LogP contribution >= 0.6 is 0 Å². The predicted octanol–water partition coefficient (Wildman–Crippen LogP) is 1.79. The molecule has 2 aromatic rings. The maximum atomic E-state index is 4.34. The molecule has 2 N–H and O–H groups in total. The van der Waals surface area contributed by atoms with Crippen molar-refractivity contribution in [2.75, 3.05) is 6.54 Å². The van der Waals surface area contributed by atoms with Crippen molar-refractivity contribution >= 4 is 0 Å². The second-order valence-electron chi connectivity index (χ2n) is 4.01. The van der Waals surface area contributed by atoms with Gasteiger partial charge in [-0.1, -0.05) is 6.92 Å². The lowest BCUT2D eigenvalue weighted by Crippen LogP contribution is -2.14. The zero-order valence-electron chi connectivity index (χ0n) is 10.4. The third-order valence-electron chi connectivity index (χ3n) is 2.62. The van der Waals surface area contributed by atoms with Crippen LogP contribution in [0.4, 0.5) is 0 Å². The molecule has 0 atom stereocenters. The predicted molar refractivity (Wildman–Crippen MR) is 67.5 cm³/mol. The minimum atomic E-state index is 0.787. The van der Waals surface area contributed by atoms with Crippen molar-refractivity contribution in [2.45, 2.75) is 33.4 Å². The fraction of sp³-hybridized carbons (Fsp3) is 0.500. The SMILES string of the molecule is CCCNCc1ncc(-c2cnn(CC)c2)[nH]1. The van der Waals surface area contributed by atoms with Crippen LogP contribution in [0.3, 0.4) is 0 Å². The first-order chi connectivity index (χ1) is 8.33. The van der Waals surface area contributed by atoms with Gasteiger partial charge in [0.2, 0.25) is 0 Å². The molecule has 92 valence electrons. The molecule has 2 aromatic heterocycles. The Hall–Kier alpha value is -1.62. The molecule has 0 saturated carbocycles. The maximum absolute atomic E-state index is 4.34. The first kappa shape index (κ1) is 11.9. The highest BCUT2D eigenvalue weighted by atomic mass is 15.3. The van der Waals surface area contributed by atoms with Crippen LogP contribution in [0.1, 0.15) is 26.1 Å². The summed E-state index contributed by atoms with van der Waals surface area (Å²) >= 11 is 0. The molecule has 0 aromatic carbocycles. The molecular formula is C12H19N5. The van der Waals surface area contributed by atoms with Gasteiger partial charge in [-0.15, -0.1) is 0 Å². The largest absolute Gasteiger partial charge is 0.341 e. The molecule has 5 nitrogen and oxygen atoms in total. The number of hydrogen-bond donors (Lipinski definition) is 2. The topological polar surface area (TPSA) is 58.5 Å². The normalized spacial score (nSPS) is 10.9. The van der Waals surface area contributed by atoms with Crippen LogP contribution in [0, 0.1) is 0 Å². The monoisotopic (exact) mass is 233 g/mol. The van der Waals surface area contributed by atoms with E-state index in [2.05, 4.69) is 34.2 Å². The van der Waals surface area contributed by atoms with E-state index in [4.69, 9.17) is 0 Å². The van der Waals surface area contributed by atoms with E-state index in [0.29, 0.717) is 0 Å². The van der Waals surface area contributed by atoms with E-state index in [9.17, 15) is 0 Å². The number of H-pyrrole nitrogens is 1. The number of nitrogens with one attached hydrogen (secondary N) is 2. The lowest BCUT2D eigenvalue weighted by atomic mass is 10.3. The van der Waals surface area contributed by atoms with Crippen LogP contribution in [-0.2, 0) is 13.1 Å². The summed E-state index contributed by atoms with van der Waals surface area (Å²) in [6.45, 7) is 6.92. The molecule has 0 unspecified atom stereocenters. The number of nitrogens with zero attached hydrogens (tertiary/aromatic N) is 3. The molecule has 0 aliphatic rings. The van der Waals surface area contributed by atoms with E-state index >= 15 is 0 Å². The third kappa shape index (κ3) is 2.94. The Balaban J connectivity index is 2.02. The number of aromatic amines is 1. The van der Waals surface area contributed by atoms with Crippen molar-refractivity contribution in [3.8, 4) is 11.3 Å². The van der Waals surface area contributed by atoms with Crippen LogP contribution in [0.25, 0.3) is 11.3 Å². The zero-order valence-corrected chi connectivity index (χ0v) is 10.4. The van der Waals surface area contributed by atoms with E-state index < -0.39 is 0 Å². The number of hydrogen-bond acceptors (Lipinski definition) is 3. The van der Waals surface area contributed by atoms with Crippen molar-refractivity contribution in [1.82, 2.24) is 25.1 Å². The first-order valence-corrected chi connectivity index (χ1v) is 6.11. The molecule has 5 heteroatoms. The molecule has 2 rings (SSSR count). The van der Waals surface area contributed by atoms with Crippen molar-refractivity contribution < 1.29 is 0 Å². The van der Waals surface area contributed by atoms with Gasteiger partial charge in [0, 0.05) is 18.3 Å². The van der Waals surface area contributed by atoms with E-state index in [1.54, 1.807) is 0 Å². The Bertz CT molecular complexity index is 457. The summed E-state index contributed by atoms with van der Waals surface area (Å²) < 4.78 is 1.91. The quantitative estimate of drug-likeness (QED) is 0.748. The average molecular weight is 233 g/mol. The fourth-order valence-corrected chi connectivity index (χ4v) is 1.66. The van der Waals surface area contributed by atoms with Crippen LogP contribution in [0.2, 0.25) is 0 Å². The summed E-state index contributed by atoms with van der Waals surface area (Å²) in [5.74, 6) is 0.970. The van der Waals surface area contributed by atoms with Crippen LogP contribution in [-0.4, -0.2) is 26.3 Å². The van der Waals surface area contributed by atoms with Gasteiger partial charge in [0.25, 0.3) is 0 Å². The zero-order chi connectivity index (χ0) is 12.1. The third-order valence-corrected chi connectivity index (χ3v) is 2.62. The second kappa shape index (κ2) is 5.63. The summed E-state index contributed by atoms with van der Waals surface area (Å²) in [5.41, 5.74) is 2.11. The number of imidazole rings is 1. The Labute approximate surface area is 101 Å². The first-order valence-electron chi connectivity index (χ1n) is 6.11. The lowest BCUT2D eigenvalue weighted by Gasteiger charge is -1.98. The van der Waals surface area contributed by atoms with E-state index in [1.165, 1.54) is 0 Å². The molecule has 0 saturated heterocycles. The molecule has 2 heterocycles. The fourth-order valence-electron chi connectivity index (χ4n) is 1.66.